The van der Waals surface area contributed by atoms with Crippen LogP contribution in [0.25, 0.3) is 11.0 Å². The summed E-state index contributed by atoms with van der Waals surface area (Å²) in [7, 11) is 0. The molecule has 0 aliphatic carbocycles. The molecule has 1 heterocycles. The monoisotopic (exact) mass is 367 g/mol. The molecule has 2 aromatic rings. The van der Waals surface area contributed by atoms with Gasteiger partial charge in [-0.2, -0.15) is 0 Å². The number of aromatic nitrogens is 2. The van der Waals surface area contributed by atoms with E-state index < -0.39 is 16.0 Å². The highest BCUT2D eigenvalue weighted by molar-refractivity contribution is 14.1. The molecule has 0 radical (unpaired) electrons. The average molecular weight is 367 g/mol. The van der Waals surface area contributed by atoms with E-state index in [-0.39, 0.29) is 25.3 Å². The Hall–Kier alpha value is -1.42. The van der Waals surface area contributed by atoms with Crippen LogP contribution in [0.4, 0.5) is 5.69 Å². The first-order valence-electron chi connectivity index (χ1n) is 4.20. The number of rotatable bonds is 1. The molecule has 1 aromatic carbocycles. The number of hydrogen-bond donors (Lipinski definition) is 2. The molecule has 0 unspecified atom stereocenters. The third-order valence-electron chi connectivity index (χ3n) is 2.07. The third kappa shape index (κ3) is 1.93. The Morgan fingerprint density at radius 3 is 2.47 bits per heavy atom. The van der Waals surface area contributed by atoms with Crippen LogP contribution >= 0.6 is 34.2 Å². The fourth-order valence-corrected chi connectivity index (χ4v) is 2.18. The van der Waals surface area contributed by atoms with Crippen molar-refractivity contribution >= 4 is 50.9 Å². The zero-order valence-electron chi connectivity index (χ0n) is 7.91. The second-order valence-electron chi connectivity index (χ2n) is 3.11. The van der Waals surface area contributed by atoms with E-state index in [0.717, 1.165) is 0 Å². The number of fused-ring (bicyclic) bond motifs is 1. The molecule has 0 bridgehead atoms. The second-order valence-corrected chi connectivity index (χ2v) is 4.59. The lowest BCUT2D eigenvalue weighted by Crippen LogP contribution is -2.29. The maximum absolute atomic E-state index is 11.1. The summed E-state index contributed by atoms with van der Waals surface area (Å²) >= 11 is 7.50. The summed E-state index contributed by atoms with van der Waals surface area (Å²) in [4.78, 5) is 36.9. The predicted octanol–water partition coefficient (Wildman–Crippen LogP) is 1.38. The first-order valence-corrected chi connectivity index (χ1v) is 5.66. The molecule has 1 aromatic heterocycles. The van der Waals surface area contributed by atoms with E-state index in [9.17, 15) is 19.7 Å². The predicted molar refractivity (Wildman–Crippen MR) is 69.6 cm³/mol. The number of aromatic amines is 2. The van der Waals surface area contributed by atoms with Gasteiger partial charge in [-0.3, -0.25) is 19.7 Å². The fourth-order valence-electron chi connectivity index (χ4n) is 1.36. The van der Waals surface area contributed by atoms with Crippen molar-refractivity contribution in [2.45, 2.75) is 0 Å². The van der Waals surface area contributed by atoms with Crippen LogP contribution in [-0.2, 0) is 0 Å². The quantitative estimate of drug-likeness (QED) is 0.343. The average Bonchev–Trinajstić information content (AvgIpc) is 2.23. The number of hydrogen-bond acceptors (Lipinski definition) is 4. The van der Waals surface area contributed by atoms with Crippen LogP contribution in [0.2, 0.25) is 5.02 Å². The lowest BCUT2D eigenvalue weighted by Gasteiger charge is -2.02. The molecule has 2 rings (SSSR count). The summed E-state index contributed by atoms with van der Waals surface area (Å²) in [6, 6.07) is 1.35. The molecule has 0 fully saturated rings. The topological polar surface area (TPSA) is 109 Å². The summed E-state index contributed by atoms with van der Waals surface area (Å²) in [5, 5.41) is 11.0. The molecular weight excluding hydrogens is 364 g/mol. The third-order valence-corrected chi connectivity index (χ3v) is 3.78. The van der Waals surface area contributed by atoms with Crippen LogP contribution in [0.1, 0.15) is 0 Å². The molecule has 0 spiro atoms. The maximum atomic E-state index is 11.1. The fraction of sp³-hybridized carbons (Fsp3) is 0. The van der Waals surface area contributed by atoms with Crippen molar-refractivity contribution in [1.29, 1.82) is 0 Å². The summed E-state index contributed by atoms with van der Waals surface area (Å²) in [6.45, 7) is 0. The molecule has 0 aliphatic heterocycles. The van der Waals surface area contributed by atoms with Gasteiger partial charge in [-0.15, -0.1) is 0 Å². The zero-order valence-corrected chi connectivity index (χ0v) is 10.8. The van der Waals surface area contributed by atoms with Crippen molar-refractivity contribution in [3.05, 3.63) is 45.5 Å². The van der Waals surface area contributed by atoms with Gasteiger partial charge in [0.05, 0.1) is 15.5 Å². The van der Waals surface area contributed by atoms with Crippen LogP contribution in [0.15, 0.2) is 15.7 Å². The number of halogens is 2. The molecule has 9 heteroatoms. The number of nitro benzene ring substituents is 1. The number of benzene rings is 1. The van der Waals surface area contributed by atoms with E-state index in [0.29, 0.717) is 0 Å². The van der Waals surface area contributed by atoms with Gasteiger partial charge in [0.1, 0.15) is 9.09 Å². The first kappa shape index (κ1) is 12.0. The number of H-pyrrole nitrogens is 2. The van der Waals surface area contributed by atoms with Crippen LogP contribution in [0.3, 0.4) is 0 Å². The van der Waals surface area contributed by atoms with Crippen LogP contribution in [0.5, 0.6) is 0 Å². The highest BCUT2D eigenvalue weighted by Crippen LogP contribution is 2.33. The van der Waals surface area contributed by atoms with Crippen molar-refractivity contribution in [2.75, 3.05) is 0 Å². The number of nitrogens with one attached hydrogen (secondary N) is 2. The minimum Gasteiger partial charge on any atom is -0.316 e. The second kappa shape index (κ2) is 4.11. The molecule has 88 valence electrons. The normalized spacial score (nSPS) is 10.7. The Bertz CT molecular complexity index is 751. The molecule has 2 N–H and O–H groups in total. The standard InChI is InChI=1S/C8H3ClIN3O4/c9-2-1-3-5(6(4(2)10)13(16)17)12-8(15)7(14)11-3/h1H,(H,11,14)(H,12,15). The zero-order chi connectivity index (χ0) is 12.7. The van der Waals surface area contributed by atoms with Crippen molar-refractivity contribution in [3.63, 3.8) is 0 Å². The van der Waals surface area contributed by atoms with Gasteiger partial charge >= 0.3 is 16.8 Å². The van der Waals surface area contributed by atoms with Crippen molar-refractivity contribution in [1.82, 2.24) is 9.97 Å². The van der Waals surface area contributed by atoms with E-state index in [1.54, 1.807) is 22.6 Å². The van der Waals surface area contributed by atoms with E-state index in [1.807, 2.05) is 0 Å². The van der Waals surface area contributed by atoms with Gasteiger partial charge in [0, 0.05) is 0 Å². The van der Waals surface area contributed by atoms with Gasteiger partial charge in [0.2, 0.25) is 0 Å². The summed E-state index contributed by atoms with van der Waals surface area (Å²) in [5.41, 5.74) is -2.09. The molecule has 7 nitrogen and oxygen atoms in total. The van der Waals surface area contributed by atoms with E-state index >= 15 is 0 Å². The molecule has 0 saturated heterocycles. The SMILES string of the molecule is O=c1[nH]c2cc(Cl)c(I)c([N+](=O)[O-])c2[nH]c1=O. The van der Waals surface area contributed by atoms with E-state index in [2.05, 4.69) is 9.97 Å². The molecular formula is C8H3ClIN3O4. The van der Waals surface area contributed by atoms with E-state index in [1.165, 1.54) is 6.07 Å². The van der Waals surface area contributed by atoms with Crippen LogP contribution in [-0.4, -0.2) is 14.9 Å². The Kier molecular flexibility index (Phi) is 2.91. The Labute approximate surface area is 111 Å². The van der Waals surface area contributed by atoms with Crippen molar-refractivity contribution in [3.8, 4) is 0 Å². The minimum absolute atomic E-state index is 0.0478. The molecule has 0 amide bonds. The highest BCUT2D eigenvalue weighted by Gasteiger charge is 2.21. The van der Waals surface area contributed by atoms with Gasteiger partial charge in [-0.1, -0.05) is 11.6 Å². The van der Waals surface area contributed by atoms with E-state index in [4.69, 9.17) is 11.6 Å². The Balaban J connectivity index is 3.09. The van der Waals surface area contributed by atoms with Gasteiger partial charge < -0.3 is 9.97 Å². The molecule has 0 saturated carbocycles. The van der Waals surface area contributed by atoms with Crippen LogP contribution in [0, 0.1) is 13.7 Å². The number of nitrogens with zero attached hydrogens (tertiary/aromatic N) is 1. The smallest absolute Gasteiger partial charge is 0.314 e. The molecule has 0 atom stereocenters. The summed E-state index contributed by atoms with van der Waals surface area (Å²) in [5.74, 6) is 0. The van der Waals surface area contributed by atoms with Gasteiger partial charge in [-0.05, 0) is 28.7 Å². The summed E-state index contributed by atoms with van der Waals surface area (Å²) in [6.07, 6.45) is 0. The molecule has 0 aliphatic rings. The van der Waals surface area contributed by atoms with Crippen molar-refractivity contribution in [2.24, 2.45) is 0 Å². The Morgan fingerprint density at radius 1 is 1.29 bits per heavy atom. The van der Waals surface area contributed by atoms with Crippen molar-refractivity contribution < 1.29 is 4.92 Å². The first-order chi connectivity index (χ1) is 7.91. The Morgan fingerprint density at radius 2 is 1.88 bits per heavy atom. The maximum Gasteiger partial charge on any atom is 0.314 e. The lowest BCUT2D eigenvalue weighted by molar-refractivity contribution is -0.384. The van der Waals surface area contributed by atoms with Gasteiger partial charge in [0.15, 0.2) is 0 Å². The minimum atomic E-state index is -0.946. The summed E-state index contributed by atoms with van der Waals surface area (Å²) < 4.78 is 0.199. The van der Waals surface area contributed by atoms with Gasteiger partial charge in [0.25, 0.3) is 0 Å². The molecule has 17 heavy (non-hydrogen) atoms. The number of nitro groups is 1. The lowest BCUT2D eigenvalue weighted by atomic mass is 10.2. The highest BCUT2D eigenvalue weighted by atomic mass is 127. The largest absolute Gasteiger partial charge is 0.316 e. The van der Waals surface area contributed by atoms with Gasteiger partial charge in [-0.25, -0.2) is 0 Å². The van der Waals surface area contributed by atoms with Crippen LogP contribution < -0.4 is 11.1 Å².